The Hall–Kier alpha value is -2.64. The molecular formula is C21H24ClN2O5+. The highest BCUT2D eigenvalue weighted by atomic mass is 35.5. The van der Waals surface area contributed by atoms with Gasteiger partial charge in [0, 0.05) is 5.56 Å². The molecule has 154 valence electrons. The molecule has 1 amide bonds. The van der Waals surface area contributed by atoms with E-state index in [9.17, 15) is 4.79 Å². The van der Waals surface area contributed by atoms with E-state index >= 15 is 0 Å². The highest BCUT2D eigenvalue weighted by molar-refractivity contribution is 6.32. The number of methoxy groups -OCH3 is 1. The van der Waals surface area contributed by atoms with Gasteiger partial charge in [-0.25, -0.2) is 0 Å². The molecule has 1 saturated heterocycles. The van der Waals surface area contributed by atoms with E-state index < -0.39 is 0 Å². The zero-order chi connectivity index (χ0) is 20.2. The number of rotatable bonds is 6. The van der Waals surface area contributed by atoms with Crippen molar-refractivity contribution >= 4 is 17.5 Å². The molecule has 0 aromatic heterocycles. The average Bonchev–Trinajstić information content (AvgIpc) is 3.24. The molecule has 2 aliphatic rings. The van der Waals surface area contributed by atoms with E-state index in [0.717, 1.165) is 31.1 Å². The smallest absolute Gasteiger partial charge is 0.254 e. The van der Waals surface area contributed by atoms with Gasteiger partial charge in [0.1, 0.15) is 24.7 Å². The van der Waals surface area contributed by atoms with Crippen LogP contribution in [0.15, 0.2) is 36.4 Å². The molecular weight excluding hydrogens is 396 g/mol. The lowest BCUT2D eigenvalue weighted by atomic mass is 10.1. The predicted molar refractivity (Wildman–Crippen MR) is 108 cm³/mol. The summed E-state index contributed by atoms with van der Waals surface area (Å²) in [5.74, 6) is 2.65. The van der Waals surface area contributed by atoms with Crippen LogP contribution in [0.2, 0.25) is 5.02 Å². The quantitative estimate of drug-likeness (QED) is 0.768. The average molecular weight is 420 g/mol. The van der Waals surface area contributed by atoms with Crippen LogP contribution in [-0.2, 0) is 0 Å². The van der Waals surface area contributed by atoms with Gasteiger partial charge in [0.25, 0.3) is 5.91 Å². The van der Waals surface area contributed by atoms with Crippen molar-refractivity contribution in [3.8, 4) is 23.0 Å². The van der Waals surface area contributed by atoms with Crippen LogP contribution >= 0.6 is 11.6 Å². The van der Waals surface area contributed by atoms with Gasteiger partial charge in [-0.15, -0.1) is 0 Å². The van der Waals surface area contributed by atoms with Crippen LogP contribution in [0.3, 0.4) is 0 Å². The van der Waals surface area contributed by atoms with E-state index in [0.29, 0.717) is 41.8 Å². The lowest BCUT2D eigenvalue weighted by Gasteiger charge is -2.32. The lowest BCUT2D eigenvalue weighted by molar-refractivity contribution is -0.903. The van der Waals surface area contributed by atoms with Crippen LogP contribution in [-0.4, -0.2) is 64.0 Å². The number of hydrogen-bond donors (Lipinski definition) is 1. The minimum atomic E-state index is -0.0290. The number of piperazine rings is 1. The van der Waals surface area contributed by atoms with Gasteiger partial charge in [0.15, 0.2) is 11.5 Å². The summed E-state index contributed by atoms with van der Waals surface area (Å²) in [6.07, 6.45) is 0. The van der Waals surface area contributed by atoms with Crippen molar-refractivity contribution in [2.24, 2.45) is 0 Å². The zero-order valence-corrected chi connectivity index (χ0v) is 17.0. The van der Waals surface area contributed by atoms with Crippen molar-refractivity contribution in [2.45, 2.75) is 0 Å². The number of carbonyl (C=O) groups excluding carboxylic acids is 1. The molecule has 2 heterocycles. The Morgan fingerprint density at radius 1 is 1.14 bits per heavy atom. The number of halogens is 1. The van der Waals surface area contributed by atoms with Crippen LogP contribution in [0.5, 0.6) is 23.0 Å². The van der Waals surface area contributed by atoms with Gasteiger partial charge < -0.3 is 28.7 Å². The molecule has 29 heavy (non-hydrogen) atoms. The number of ether oxygens (including phenoxy) is 4. The third kappa shape index (κ3) is 4.52. The molecule has 2 aromatic carbocycles. The summed E-state index contributed by atoms with van der Waals surface area (Å²) in [6, 6.07) is 10.9. The minimum absolute atomic E-state index is 0.0290. The van der Waals surface area contributed by atoms with Crippen molar-refractivity contribution < 1.29 is 28.6 Å². The Bertz CT molecular complexity index is 866. The molecule has 0 atom stereocenters. The van der Waals surface area contributed by atoms with Gasteiger partial charge in [0.2, 0.25) is 6.79 Å². The summed E-state index contributed by atoms with van der Waals surface area (Å²) in [5.41, 5.74) is 0.533. The molecule has 4 rings (SSSR count). The molecule has 2 aliphatic heterocycles. The second kappa shape index (κ2) is 8.80. The molecule has 0 bridgehead atoms. The molecule has 2 aromatic rings. The van der Waals surface area contributed by atoms with Crippen LogP contribution in [0.4, 0.5) is 0 Å². The first kappa shape index (κ1) is 19.7. The van der Waals surface area contributed by atoms with Crippen LogP contribution < -0.4 is 23.8 Å². The maximum atomic E-state index is 12.8. The molecule has 1 N–H and O–H groups in total. The van der Waals surface area contributed by atoms with Gasteiger partial charge >= 0.3 is 0 Å². The van der Waals surface area contributed by atoms with E-state index in [-0.39, 0.29) is 12.7 Å². The number of hydrogen-bond acceptors (Lipinski definition) is 5. The topological polar surface area (TPSA) is 61.7 Å². The van der Waals surface area contributed by atoms with E-state index in [1.54, 1.807) is 19.2 Å². The fraction of sp³-hybridized carbons (Fsp3) is 0.381. The first-order valence-corrected chi connectivity index (χ1v) is 10.0. The number of quaternary nitrogens is 1. The van der Waals surface area contributed by atoms with Crippen LogP contribution in [0.25, 0.3) is 0 Å². The van der Waals surface area contributed by atoms with Gasteiger partial charge in [0.05, 0.1) is 38.3 Å². The monoisotopic (exact) mass is 419 g/mol. The first-order valence-electron chi connectivity index (χ1n) is 9.63. The van der Waals surface area contributed by atoms with E-state index in [1.165, 1.54) is 4.90 Å². The maximum Gasteiger partial charge on any atom is 0.254 e. The zero-order valence-electron chi connectivity index (χ0n) is 16.3. The molecule has 0 aliphatic carbocycles. The molecule has 0 radical (unpaired) electrons. The summed E-state index contributed by atoms with van der Waals surface area (Å²) in [5, 5.41) is 0.406. The fourth-order valence-corrected chi connectivity index (χ4v) is 3.80. The van der Waals surface area contributed by atoms with Gasteiger partial charge in [-0.3, -0.25) is 4.79 Å². The normalized spacial score (nSPS) is 16.0. The summed E-state index contributed by atoms with van der Waals surface area (Å²) in [7, 11) is 1.64. The fourth-order valence-electron chi connectivity index (χ4n) is 3.53. The number of carbonyl (C=O) groups is 1. The Labute approximate surface area is 174 Å². The van der Waals surface area contributed by atoms with Crippen molar-refractivity contribution in [3.05, 3.63) is 47.0 Å². The second-order valence-electron chi connectivity index (χ2n) is 7.01. The van der Waals surface area contributed by atoms with Gasteiger partial charge in [-0.1, -0.05) is 11.6 Å². The third-order valence-electron chi connectivity index (χ3n) is 5.22. The number of fused-ring (bicyclic) bond motifs is 1. The minimum Gasteiger partial charge on any atom is -0.497 e. The predicted octanol–water partition coefficient (Wildman–Crippen LogP) is 1.50. The summed E-state index contributed by atoms with van der Waals surface area (Å²) < 4.78 is 21.6. The third-order valence-corrected chi connectivity index (χ3v) is 5.50. The van der Waals surface area contributed by atoms with Crippen molar-refractivity contribution in [1.82, 2.24) is 4.90 Å². The maximum absolute atomic E-state index is 12.8. The largest absolute Gasteiger partial charge is 0.497 e. The van der Waals surface area contributed by atoms with Crippen LogP contribution in [0.1, 0.15) is 10.4 Å². The molecule has 7 nitrogen and oxygen atoms in total. The lowest BCUT2D eigenvalue weighted by Crippen LogP contribution is -3.15. The van der Waals surface area contributed by atoms with E-state index in [4.69, 9.17) is 30.5 Å². The highest BCUT2D eigenvalue weighted by Gasteiger charge is 2.27. The Kier molecular flexibility index (Phi) is 5.97. The second-order valence-corrected chi connectivity index (χ2v) is 7.42. The Morgan fingerprint density at radius 3 is 2.59 bits per heavy atom. The number of nitrogens with zero attached hydrogens (tertiary/aromatic N) is 1. The van der Waals surface area contributed by atoms with Crippen molar-refractivity contribution in [1.29, 1.82) is 0 Å². The summed E-state index contributed by atoms with van der Waals surface area (Å²) in [4.78, 5) is 16.1. The van der Waals surface area contributed by atoms with Crippen molar-refractivity contribution in [2.75, 3.05) is 53.2 Å². The van der Waals surface area contributed by atoms with Gasteiger partial charge in [-0.2, -0.15) is 0 Å². The molecule has 0 unspecified atom stereocenters. The highest BCUT2D eigenvalue weighted by Crippen LogP contribution is 2.40. The number of benzene rings is 2. The SMILES string of the molecule is COc1ccc(OCC[NH+]2CCN(C(=O)c3cc(Cl)c4c(c3)OCO4)CC2)cc1. The summed E-state index contributed by atoms with van der Waals surface area (Å²) in [6.45, 7) is 4.82. The molecule has 0 spiro atoms. The Balaban J connectivity index is 1.25. The Morgan fingerprint density at radius 2 is 1.86 bits per heavy atom. The number of nitrogens with one attached hydrogen (secondary N) is 1. The standard InChI is InChI=1S/C21H23ClN2O5/c1-26-16-2-4-17(5-3-16)27-11-10-23-6-8-24(9-7-23)21(25)15-12-18(22)20-19(13-15)28-14-29-20/h2-5,12-13H,6-11,14H2,1H3/p+1. The molecule has 0 saturated carbocycles. The first-order chi connectivity index (χ1) is 14.1. The van der Waals surface area contributed by atoms with E-state index in [1.807, 2.05) is 29.2 Å². The number of amides is 1. The molecule has 1 fully saturated rings. The molecule has 8 heteroatoms. The van der Waals surface area contributed by atoms with Crippen LogP contribution in [0, 0.1) is 0 Å². The summed E-state index contributed by atoms with van der Waals surface area (Å²) >= 11 is 6.20. The van der Waals surface area contributed by atoms with Gasteiger partial charge in [-0.05, 0) is 36.4 Å². The van der Waals surface area contributed by atoms with E-state index in [2.05, 4.69) is 0 Å². The van der Waals surface area contributed by atoms with Crippen molar-refractivity contribution in [3.63, 3.8) is 0 Å².